The first-order valence-electron chi connectivity index (χ1n) is 5.74. The molecule has 3 N–H and O–H groups in total. The fraction of sp³-hybridized carbons (Fsp3) is 0.455. The maximum absolute atomic E-state index is 11.5. The van der Waals surface area contributed by atoms with E-state index >= 15 is 0 Å². The second kappa shape index (κ2) is 8.10. The molecule has 0 saturated carbocycles. The molecule has 0 spiro atoms. The van der Waals surface area contributed by atoms with Crippen molar-refractivity contribution in [1.82, 2.24) is 15.6 Å². The number of hydrogen-bond acceptors (Lipinski definition) is 6. The van der Waals surface area contributed by atoms with Crippen molar-refractivity contribution in [1.29, 1.82) is 0 Å². The van der Waals surface area contributed by atoms with E-state index in [1.165, 1.54) is 18.4 Å². The molecule has 1 aromatic heterocycles. The Morgan fingerprint density at radius 1 is 1.50 bits per heavy atom. The summed E-state index contributed by atoms with van der Waals surface area (Å²) < 4.78 is 4.41. The predicted octanol–water partition coefficient (Wildman–Crippen LogP) is 0.349. The number of aromatic nitrogens is 1. The molecule has 0 saturated heterocycles. The minimum atomic E-state index is -1.21. The lowest BCUT2D eigenvalue weighted by molar-refractivity contribution is -0.142. The van der Waals surface area contributed by atoms with Crippen molar-refractivity contribution in [2.45, 2.75) is 25.4 Å². The Labute approximate surface area is 119 Å². The van der Waals surface area contributed by atoms with Gasteiger partial charge in [0.15, 0.2) is 0 Å². The summed E-state index contributed by atoms with van der Waals surface area (Å²) in [6.07, 6.45) is -0.119. The second-order valence-corrected chi connectivity index (χ2v) is 4.53. The zero-order valence-electron chi connectivity index (χ0n) is 10.8. The van der Waals surface area contributed by atoms with Crippen LogP contribution in [0.2, 0.25) is 0 Å². The highest BCUT2D eigenvalue weighted by atomic mass is 32.1. The van der Waals surface area contributed by atoms with Crippen LogP contribution in [0.1, 0.15) is 18.5 Å². The number of nitrogens with zero attached hydrogens (tertiary/aromatic N) is 1. The number of carbonyl (C=O) groups excluding carboxylic acids is 2. The van der Waals surface area contributed by atoms with E-state index in [0.717, 1.165) is 0 Å². The van der Waals surface area contributed by atoms with Crippen molar-refractivity contribution in [3.05, 3.63) is 16.6 Å². The Kier molecular flexibility index (Phi) is 6.44. The van der Waals surface area contributed by atoms with Crippen LogP contribution in [0.3, 0.4) is 0 Å². The van der Waals surface area contributed by atoms with E-state index < -0.39 is 24.0 Å². The third-order valence-corrected chi connectivity index (χ3v) is 3.02. The summed E-state index contributed by atoms with van der Waals surface area (Å²) >= 11 is 1.40. The lowest BCUT2D eigenvalue weighted by Crippen LogP contribution is -2.46. The molecule has 0 aliphatic rings. The Bertz CT molecular complexity index is 463. The molecule has 20 heavy (non-hydrogen) atoms. The van der Waals surface area contributed by atoms with Gasteiger partial charge in [-0.15, -0.1) is 11.3 Å². The molecule has 0 radical (unpaired) electrons. The Balaban J connectivity index is 2.38. The molecule has 1 rings (SSSR count). The number of carboxylic acids is 1. The Hall–Kier alpha value is -2.16. The van der Waals surface area contributed by atoms with Gasteiger partial charge in [0.2, 0.25) is 0 Å². The number of aliphatic carboxylic acids is 1. The monoisotopic (exact) mass is 301 g/mol. The summed E-state index contributed by atoms with van der Waals surface area (Å²) in [4.78, 5) is 37.4. The quantitative estimate of drug-likeness (QED) is 0.625. The number of methoxy groups -OCH3 is 1. The van der Waals surface area contributed by atoms with Crippen LogP contribution in [0.25, 0.3) is 0 Å². The molecule has 0 aliphatic heterocycles. The third kappa shape index (κ3) is 5.65. The normalized spacial score (nSPS) is 11.4. The van der Waals surface area contributed by atoms with Crippen LogP contribution in [0.4, 0.5) is 4.79 Å². The van der Waals surface area contributed by atoms with E-state index in [2.05, 4.69) is 20.4 Å². The van der Waals surface area contributed by atoms with Crippen molar-refractivity contribution >= 4 is 29.3 Å². The molecule has 110 valence electrons. The van der Waals surface area contributed by atoms with Gasteiger partial charge >= 0.3 is 18.0 Å². The zero-order chi connectivity index (χ0) is 15.0. The molecule has 0 aliphatic carbocycles. The summed E-state index contributed by atoms with van der Waals surface area (Å²) in [5.41, 5.74) is 2.32. The van der Waals surface area contributed by atoms with Gasteiger partial charge in [0, 0.05) is 11.8 Å². The molecule has 0 aromatic carbocycles. The minimum absolute atomic E-state index is 0.0356. The first-order chi connectivity index (χ1) is 9.52. The molecule has 1 atom stereocenters. The first kappa shape index (κ1) is 15.9. The lowest BCUT2D eigenvalue weighted by atomic mass is 10.1. The number of nitrogens with one attached hydrogen (secondary N) is 2. The van der Waals surface area contributed by atoms with Crippen LogP contribution < -0.4 is 10.6 Å². The Morgan fingerprint density at radius 3 is 2.80 bits per heavy atom. The van der Waals surface area contributed by atoms with Gasteiger partial charge in [-0.1, -0.05) is 0 Å². The summed E-state index contributed by atoms with van der Waals surface area (Å²) in [5.74, 6) is -1.74. The van der Waals surface area contributed by atoms with Crippen molar-refractivity contribution in [3.8, 4) is 0 Å². The standard InChI is InChI=1S/C11H15N3O5S/c1-19-9(15)3-2-8(10(16)17)14-11(18)12-4-7-5-20-6-13-7/h5-6,8H,2-4H2,1H3,(H,16,17)(H2,12,14,18)/t8-/m0/s1. The SMILES string of the molecule is COC(=O)CC[C@H](NC(=O)NCc1cscn1)C(=O)O. The van der Waals surface area contributed by atoms with Gasteiger partial charge in [-0.3, -0.25) is 4.79 Å². The summed E-state index contributed by atoms with van der Waals surface area (Å²) in [6, 6.07) is -1.78. The topological polar surface area (TPSA) is 118 Å². The molecular formula is C11H15N3O5S. The number of carboxylic acid groups (broad SMARTS) is 1. The van der Waals surface area contributed by atoms with Crippen molar-refractivity contribution in [2.24, 2.45) is 0 Å². The maximum Gasteiger partial charge on any atom is 0.326 e. The molecule has 0 unspecified atom stereocenters. The molecule has 9 heteroatoms. The smallest absolute Gasteiger partial charge is 0.326 e. The van der Waals surface area contributed by atoms with Gasteiger partial charge in [0.1, 0.15) is 6.04 Å². The van der Waals surface area contributed by atoms with Crippen molar-refractivity contribution in [2.75, 3.05) is 7.11 Å². The minimum Gasteiger partial charge on any atom is -0.480 e. The van der Waals surface area contributed by atoms with Gasteiger partial charge in [0.25, 0.3) is 0 Å². The van der Waals surface area contributed by atoms with Crippen LogP contribution in [0.5, 0.6) is 0 Å². The van der Waals surface area contributed by atoms with E-state index in [1.807, 2.05) is 0 Å². The summed E-state index contributed by atoms with van der Waals surface area (Å²) in [6.45, 7) is 0.207. The lowest BCUT2D eigenvalue weighted by Gasteiger charge is -2.14. The van der Waals surface area contributed by atoms with Crippen LogP contribution in [-0.4, -0.2) is 41.2 Å². The number of esters is 1. The predicted molar refractivity (Wildman–Crippen MR) is 70.2 cm³/mol. The molecular weight excluding hydrogens is 286 g/mol. The highest BCUT2D eigenvalue weighted by molar-refractivity contribution is 7.07. The highest BCUT2D eigenvalue weighted by Gasteiger charge is 2.21. The van der Waals surface area contributed by atoms with Gasteiger partial charge in [-0.2, -0.15) is 0 Å². The number of amides is 2. The summed E-state index contributed by atoms with van der Waals surface area (Å²) in [7, 11) is 1.21. The molecule has 0 bridgehead atoms. The largest absolute Gasteiger partial charge is 0.480 e. The van der Waals surface area contributed by atoms with Crippen molar-refractivity contribution in [3.63, 3.8) is 0 Å². The van der Waals surface area contributed by atoms with E-state index in [-0.39, 0.29) is 19.4 Å². The van der Waals surface area contributed by atoms with Crippen molar-refractivity contribution < 1.29 is 24.2 Å². The average molecular weight is 301 g/mol. The van der Waals surface area contributed by atoms with Gasteiger partial charge < -0.3 is 20.5 Å². The molecule has 0 fully saturated rings. The molecule has 1 aromatic rings. The number of ether oxygens (including phenoxy) is 1. The van der Waals surface area contributed by atoms with E-state index in [0.29, 0.717) is 5.69 Å². The molecule has 8 nitrogen and oxygen atoms in total. The van der Waals surface area contributed by atoms with Crippen LogP contribution >= 0.6 is 11.3 Å². The van der Waals surface area contributed by atoms with Gasteiger partial charge in [-0.25, -0.2) is 14.6 Å². The van der Waals surface area contributed by atoms with E-state index in [4.69, 9.17) is 5.11 Å². The second-order valence-electron chi connectivity index (χ2n) is 3.81. The van der Waals surface area contributed by atoms with Crippen LogP contribution in [0, 0.1) is 0 Å². The van der Waals surface area contributed by atoms with Crippen LogP contribution in [0.15, 0.2) is 10.9 Å². The average Bonchev–Trinajstić information content (AvgIpc) is 2.93. The maximum atomic E-state index is 11.5. The van der Waals surface area contributed by atoms with Gasteiger partial charge in [0.05, 0.1) is 24.9 Å². The molecule has 2 amide bonds. The van der Waals surface area contributed by atoms with E-state index in [1.54, 1.807) is 10.9 Å². The number of carbonyl (C=O) groups is 3. The number of urea groups is 1. The fourth-order valence-electron chi connectivity index (χ4n) is 1.33. The molecule has 1 heterocycles. The summed E-state index contributed by atoms with van der Waals surface area (Å²) in [5, 5.41) is 15.5. The third-order valence-electron chi connectivity index (χ3n) is 2.38. The highest BCUT2D eigenvalue weighted by Crippen LogP contribution is 2.01. The van der Waals surface area contributed by atoms with Gasteiger partial charge in [-0.05, 0) is 6.42 Å². The zero-order valence-corrected chi connectivity index (χ0v) is 11.6. The van der Waals surface area contributed by atoms with Crippen LogP contribution in [-0.2, 0) is 20.9 Å². The Morgan fingerprint density at radius 2 is 2.25 bits per heavy atom. The number of hydrogen-bond donors (Lipinski definition) is 3. The fourth-order valence-corrected chi connectivity index (χ4v) is 1.88. The number of thiazole rings is 1. The number of rotatable bonds is 7. The van der Waals surface area contributed by atoms with E-state index in [9.17, 15) is 14.4 Å². The first-order valence-corrected chi connectivity index (χ1v) is 6.68.